The van der Waals surface area contributed by atoms with Crippen molar-refractivity contribution < 1.29 is 13.6 Å². The van der Waals surface area contributed by atoms with Gasteiger partial charge in [0.1, 0.15) is 11.6 Å². The predicted molar refractivity (Wildman–Crippen MR) is 121 cm³/mol. The fourth-order valence-electron chi connectivity index (χ4n) is 3.87. The molecule has 0 radical (unpaired) electrons. The molecular formula is C25H26F2N4O. The maximum absolute atomic E-state index is 13.9. The van der Waals surface area contributed by atoms with Gasteiger partial charge in [-0.05, 0) is 49.5 Å². The molecule has 5 nitrogen and oxygen atoms in total. The topological polar surface area (TPSA) is 61.0 Å². The Morgan fingerprint density at radius 1 is 1.16 bits per heavy atom. The second-order valence-electron chi connectivity index (χ2n) is 8.03. The van der Waals surface area contributed by atoms with E-state index in [4.69, 9.17) is 0 Å². The molecule has 2 aromatic carbocycles. The van der Waals surface area contributed by atoms with E-state index in [-0.39, 0.29) is 23.0 Å². The number of hydrogen-bond donors (Lipinski definition) is 2. The molecule has 0 atom stereocenters. The molecule has 1 amide bonds. The summed E-state index contributed by atoms with van der Waals surface area (Å²) < 4.78 is 27.0. The van der Waals surface area contributed by atoms with Crippen LogP contribution in [-0.2, 0) is 0 Å². The highest BCUT2D eigenvalue weighted by Gasteiger charge is 2.20. The second kappa shape index (κ2) is 10.3. The van der Waals surface area contributed by atoms with Crippen molar-refractivity contribution in [3.63, 3.8) is 0 Å². The van der Waals surface area contributed by atoms with Crippen LogP contribution < -0.4 is 5.32 Å². The lowest BCUT2D eigenvalue weighted by Crippen LogP contribution is -2.38. The summed E-state index contributed by atoms with van der Waals surface area (Å²) in [4.78, 5) is 21.8. The predicted octanol–water partition coefficient (Wildman–Crippen LogP) is 4.51. The molecule has 0 saturated carbocycles. The molecule has 2 N–H and O–H groups in total. The number of carbonyl (C=O) groups excluding carboxylic acids is 1. The number of aromatic nitrogens is 2. The molecule has 3 aromatic rings. The average Bonchev–Trinajstić information content (AvgIpc) is 3.29. The zero-order chi connectivity index (χ0) is 22.3. The standard InChI is InChI=1S/C25H26F2N4O/c26-20-8-9-21(22(27)15-20)23-17-28-24(30-23)25(32)29-16-19-10-13-31(14-11-19)12-4-7-18-5-2-1-3-6-18/h1-9,15,17,19H,10-14,16H2,(H,28,30)(H,29,32)/b7-4+. The number of hydrogen-bond acceptors (Lipinski definition) is 3. The summed E-state index contributed by atoms with van der Waals surface area (Å²) in [6.45, 7) is 3.49. The third-order valence-electron chi connectivity index (χ3n) is 5.73. The van der Waals surface area contributed by atoms with Gasteiger partial charge in [0.25, 0.3) is 5.91 Å². The van der Waals surface area contributed by atoms with Crippen molar-refractivity contribution >= 4 is 12.0 Å². The lowest BCUT2D eigenvalue weighted by Gasteiger charge is -2.31. The Morgan fingerprint density at radius 2 is 1.94 bits per heavy atom. The maximum Gasteiger partial charge on any atom is 0.287 e. The van der Waals surface area contributed by atoms with Gasteiger partial charge < -0.3 is 10.3 Å². The van der Waals surface area contributed by atoms with Crippen LogP contribution in [0, 0.1) is 17.6 Å². The summed E-state index contributed by atoms with van der Waals surface area (Å²) in [5.41, 5.74) is 1.62. The van der Waals surface area contributed by atoms with E-state index >= 15 is 0 Å². The highest BCUT2D eigenvalue weighted by Crippen LogP contribution is 2.22. The highest BCUT2D eigenvalue weighted by atomic mass is 19.1. The monoisotopic (exact) mass is 436 g/mol. The van der Waals surface area contributed by atoms with Crippen molar-refractivity contribution in [1.82, 2.24) is 20.2 Å². The minimum atomic E-state index is -0.714. The summed E-state index contributed by atoms with van der Waals surface area (Å²) in [5, 5.41) is 2.92. The van der Waals surface area contributed by atoms with E-state index in [1.807, 2.05) is 18.2 Å². The van der Waals surface area contributed by atoms with Gasteiger partial charge in [-0.3, -0.25) is 9.69 Å². The lowest BCUT2D eigenvalue weighted by molar-refractivity contribution is 0.0928. The molecule has 1 aliphatic rings. The van der Waals surface area contributed by atoms with Gasteiger partial charge in [0.2, 0.25) is 0 Å². The first-order valence-electron chi connectivity index (χ1n) is 10.8. The molecule has 166 valence electrons. The van der Waals surface area contributed by atoms with Crippen molar-refractivity contribution in [2.24, 2.45) is 5.92 Å². The van der Waals surface area contributed by atoms with Gasteiger partial charge in [0, 0.05) is 30.9 Å². The minimum absolute atomic E-state index is 0.118. The van der Waals surface area contributed by atoms with Gasteiger partial charge in [-0.2, -0.15) is 0 Å². The highest BCUT2D eigenvalue weighted by molar-refractivity contribution is 5.91. The number of aromatic amines is 1. The molecule has 0 bridgehead atoms. The molecule has 32 heavy (non-hydrogen) atoms. The third kappa shape index (κ3) is 5.68. The van der Waals surface area contributed by atoms with E-state index in [1.165, 1.54) is 17.8 Å². The third-order valence-corrected chi connectivity index (χ3v) is 5.73. The number of amides is 1. The van der Waals surface area contributed by atoms with Crippen LogP contribution in [0.3, 0.4) is 0 Å². The first-order valence-corrected chi connectivity index (χ1v) is 10.8. The van der Waals surface area contributed by atoms with Crippen LogP contribution in [0.5, 0.6) is 0 Å². The lowest BCUT2D eigenvalue weighted by atomic mass is 9.97. The SMILES string of the molecule is O=C(NCC1CCN(C/C=C/c2ccccc2)CC1)c1nc(-c2ccc(F)cc2F)c[nH]1. The molecule has 0 aliphatic carbocycles. The van der Waals surface area contributed by atoms with Crippen LogP contribution in [0.1, 0.15) is 29.0 Å². The number of imidazole rings is 1. The van der Waals surface area contributed by atoms with Gasteiger partial charge in [-0.1, -0.05) is 42.5 Å². The second-order valence-corrected chi connectivity index (χ2v) is 8.03. The average molecular weight is 437 g/mol. The molecule has 0 spiro atoms. The number of halogens is 2. The summed E-state index contributed by atoms with van der Waals surface area (Å²) >= 11 is 0. The summed E-state index contributed by atoms with van der Waals surface area (Å²) in [7, 11) is 0. The normalized spacial score (nSPS) is 15.3. The van der Waals surface area contributed by atoms with E-state index in [2.05, 4.69) is 44.5 Å². The van der Waals surface area contributed by atoms with E-state index in [0.717, 1.165) is 44.6 Å². The fraction of sp³-hybridized carbons (Fsp3) is 0.280. The van der Waals surface area contributed by atoms with Crippen molar-refractivity contribution in [2.75, 3.05) is 26.2 Å². The van der Waals surface area contributed by atoms with Gasteiger partial charge in [0.15, 0.2) is 5.82 Å². The molecule has 1 saturated heterocycles. The molecule has 4 rings (SSSR count). The van der Waals surface area contributed by atoms with Crippen molar-refractivity contribution in [1.29, 1.82) is 0 Å². The molecule has 2 heterocycles. The Labute approximate surface area is 186 Å². The smallest absolute Gasteiger partial charge is 0.287 e. The summed E-state index contributed by atoms with van der Waals surface area (Å²) in [5.74, 6) is -1.16. The Bertz CT molecular complexity index is 1070. The largest absolute Gasteiger partial charge is 0.349 e. The number of benzene rings is 2. The number of nitrogens with zero attached hydrogens (tertiary/aromatic N) is 2. The number of piperidine rings is 1. The van der Waals surface area contributed by atoms with Gasteiger partial charge in [-0.15, -0.1) is 0 Å². The van der Waals surface area contributed by atoms with Gasteiger partial charge >= 0.3 is 0 Å². The first-order chi connectivity index (χ1) is 15.6. The minimum Gasteiger partial charge on any atom is -0.349 e. The Morgan fingerprint density at radius 3 is 2.69 bits per heavy atom. The Balaban J connectivity index is 1.22. The molecule has 1 fully saturated rings. The van der Waals surface area contributed by atoms with Crippen LogP contribution in [0.25, 0.3) is 17.3 Å². The number of carbonyl (C=O) groups is 1. The maximum atomic E-state index is 13.9. The molecule has 1 aromatic heterocycles. The van der Waals surface area contributed by atoms with E-state index in [0.29, 0.717) is 12.5 Å². The van der Waals surface area contributed by atoms with Crippen LogP contribution in [0.2, 0.25) is 0 Å². The van der Waals surface area contributed by atoms with Crippen molar-refractivity contribution in [3.05, 3.63) is 83.8 Å². The molecule has 0 unspecified atom stereocenters. The molecule has 7 heteroatoms. The fourth-order valence-corrected chi connectivity index (χ4v) is 3.87. The Kier molecular flexibility index (Phi) is 7.07. The van der Waals surface area contributed by atoms with E-state index in [9.17, 15) is 13.6 Å². The van der Waals surface area contributed by atoms with Crippen molar-refractivity contribution in [2.45, 2.75) is 12.8 Å². The first kappa shape index (κ1) is 21.9. The number of rotatable bonds is 7. The number of H-pyrrole nitrogens is 1. The molecule has 1 aliphatic heterocycles. The van der Waals surface area contributed by atoms with Crippen LogP contribution in [0.15, 0.2) is 60.8 Å². The zero-order valence-electron chi connectivity index (χ0n) is 17.7. The summed E-state index contributed by atoms with van der Waals surface area (Å²) in [6.07, 6.45) is 7.82. The van der Waals surface area contributed by atoms with Gasteiger partial charge in [0.05, 0.1) is 5.69 Å². The number of likely N-dealkylation sites (tertiary alicyclic amines) is 1. The van der Waals surface area contributed by atoms with E-state index < -0.39 is 11.6 Å². The Hall–Kier alpha value is -3.32. The number of nitrogens with one attached hydrogen (secondary N) is 2. The van der Waals surface area contributed by atoms with E-state index in [1.54, 1.807) is 0 Å². The van der Waals surface area contributed by atoms with Crippen LogP contribution in [-0.4, -0.2) is 47.0 Å². The van der Waals surface area contributed by atoms with Crippen LogP contribution in [0.4, 0.5) is 8.78 Å². The quantitative estimate of drug-likeness (QED) is 0.573. The molecular weight excluding hydrogens is 410 g/mol. The summed E-state index contributed by atoms with van der Waals surface area (Å²) in [6, 6.07) is 13.5. The zero-order valence-corrected chi connectivity index (χ0v) is 17.7. The van der Waals surface area contributed by atoms with Gasteiger partial charge in [-0.25, -0.2) is 13.8 Å². The van der Waals surface area contributed by atoms with Crippen LogP contribution >= 0.6 is 0 Å². The van der Waals surface area contributed by atoms with Crippen molar-refractivity contribution in [3.8, 4) is 11.3 Å².